The summed E-state index contributed by atoms with van der Waals surface area (Å²) in [5.41, 5.74) is 0.784. The van der Waals surface area contributed by atoms with Gasteiger partial charge in [-0.2, -0.15) is 0 Å². The fourth-order valence-corrected chi connectivity index (χ4v) is 6.94. The van der Waals surface area contributed by atoms with E-state index < -0.39 is 60.2 Å². The molecule has 1 aliphatic rings. The van der Waals surface area contributed by atoms with Gasteiger partial charge in [-0.3, -0.25) is 19.2 Å². The molecule has 5 N–H and O–H groups in total. The van der Waals surface area contributed by atoms with Gasteiger partial charge in [0.1, 0.15) is 12.1 Å². The molecule has 4 amide bonds. The lowest BCUT2D eigenvalue weighted by Crippen LogP contribution is -2.59. The predicted molar refractivity (Wildman–Crippen MR) is 196 cm³/mol. The number of aliphatic carboxylic acids is 1. The number of carboxylic acid groups (broad SMARTS) is 1. The van der Waals surface area contributed by atoms with Gasteiger partial charge in [0.05, 0.1) is 42.7 Å². The number of hydrogen-bond donors (Lipinski definition) is 5. The van der Waals surface area contributed by atoms with Crippen LogP contribution in [0.25, 0.3) is 0 Å². The van der Waals surface area contributed by atoms with Gasteiger partial charge in [-0.05, 0) is 43.2 Å². The predicted octanol–water partition coefficient (Wildman–Crippen LogP) is 2.76. The molecule has 1 aromatic rings. The van der Waals surface area contributed by atoms with Crippen molar-refractivity contribution < 1.29 is 38.6 Å². The number of nitrogens with one attached hydrogen (secondary N) is 4. The Balaban J connectivity index is 2.21. The van der Waals surface area contributed by atoms with Crippen molar-refractivity contribution >= 4 is 29.6 Å². The van der Waals surface area contributed by atoms with E-state index in [2.05, 4.69) is 21.3 Å². The third-order valence-electron chi connectivity index (χ3n) is 10.2. The lowest BCUT2D eigenvalue weighted by molar-refractivity contribution is -0.145. The van der Waals surface area contributed by atoms with E-state index in [-0.39, 0.29) is 48.3 Å². The van der Waals surface area contributed by atoms with E-state index in [9.17, 15) is 29.1 Å². The van der Waals surface area contributed by atoms with Crippen molar-refractivity contribution in [1.82, 2.24) is 26.2 Å². The zero-order valence-corrected chi connectivity index (χ0v) is 32.2. The van der Waals surface area contributed by atoms with Crippen LogP contribution in [0.5, 0.6) is 0 Å². The van der Waals surface area contributed by atoms with Crippen LogP contribution in [0, 0.1) is 23.7 Å². The minimum absolute atomic E-state index is 0.0217. The molecule has 51 heavy (non-hydrogen) atoms. The van der Waals surface area contributed by atoms with Gasteiger partial charge in [0.25, 0.3) is 0 Å². The fourth-order valence-electron chi connectivity index (χ4n) is 6.94. The van der Waals surface area contributed by atoms with E-state index >= 15 is 0 Å². The van der Waals surface area contributed by atoms with E-state index in [4.69, 9.17) is 9.47 Å². The van der Waals surface area contributed by atoms with E-state index in [0.717, 1.165) is 5.56 Å². The Bertz CT molecular complexity index is 1280. The first-order chi connectivity index (χ1) is 24.1. The van der Waals surface area contributed by atoms with Crippen molar-refractivity contribution in [2.24, 2.45) is 23.7 Å². The fraction of sp³-hybridized carbons (Fsp3) is 0.711. The standard InChI is InChI=1S/C38H63N5O8/c1-11-24(6)33(42-37(47)32(23(4)5)41-36(46)31(39-8)22(2)3)29(50-9)21-30(44)43-19-15-18-28(43)34(51-10)25(7)35(45)40-27(38(48)49)20-26-16-13-12-14-17-26/h12-14,16-17,22-25,27-29,31-34,39H,11,15,18-21H2,1-10H3,(H,40,45)(H,41,46)(H,42,47)(H,48,49)/t24-,25+,27-,28-,29+,31-,32?,33-,34+/m0/s1. The molecule has 0 aromatic heterocycles. The molecule has 1 aromatic carbocycles. The van der Waals surface area contributed by atoms with Crippen molar-refractivity contribution in [2.45, 2.75) is 123 Å². The average Bonchev–Trinajstić information content (AvgIpc) is 3.58. The summed E-state index contributed by atoms with van der Waals surface area (Å²) in [6, 6.07) is 5.76. The zero-order chi connectivity index (χ0) is 38.4. The van der Waals surface area contributed by atoms with E-state index in [1.807, 2.05) is 71.9 Å². The van der Waals surface area contributed by atoms with Gasteiger partial charge >= 0.3 is 5.97 Å². The highest BCUT2D eigenvalue weighted by Gasteiger charge is 2.42. The highest BCUT2D eigenvalue weighted by molar-refractivity contribution is 5.90. The Hall–Kier alpha value is -3.55. The Morgan fingerprint density at radius 1 is 0.863 bits per heavy atom. The molecule has 0 saturated carbocycles. The van der Waals surface area contributed by atoms with Gasteiger partial charge < -0.3 is 40.7 Å². The third kappa shape index (κ3) is 12.3. The van der Waals surface area contributed by atoms with Crippen molar-refractivity contribution in [2.75, 3.05) is 27.8 Å². The van der Waals surface area contributed by atoms with Crippen LogP contribution in [0.1, 0.15) is 79.7 Å². The monoisotopic (exact) mass is 717 g/mol. The quantitative estimate of drug-likeness (QED) is 0.128. The summed E-state index contributed by atoms with van der Waals surface area (Å²) in [7, 11) is 4.72. The van der Waals surface area contributed by atoms with Crippen LogP contribution in [-0.2, 0) is 39.9 Å². The molecule has 0 aliphatic carbocycles. The normalized spacial score (nSPS) is 19.4. The topological polar surface area (TPSA) is 175 Å². The van der Waals surface area contributed by atoms with Crippen LogP contribution in [0.4, 0.5) is 0 Å². The Kier molecular flexibility index (Phi) is 18.0. The second kappa shape index (κ2) is 21.1. The maximum atomic E-state index is 14.0. The van der Waals surface area contributed by atoms with Gasteiger partial charge in [0.15, 0.2) is 0 Å². The summed E-state index contributed by atoms with van der Waals surface area (Å²) in [6.45, 7) is 13.7. The van der Waals surface area contributed by atoms with Crippen molar-refractivity contribution in [3.8, 4) is 0 Å². The molecule has 0 radical (unpaired) electrons. The Labute approximate surface area is 304 Å². The first kappa shape index (κ1) is 43.6. The zero-order valence-electron chi connectivity index (χ0n) is 32.2. The van der Waals surface area contributed by atoms with Gasteiger partial charge in [-0.1, -0.05) is 85.2 Å². The van der Waals surface area contributed by atoms with Crippen LogP contribution in [0.3, 0.4) is 0 Å². The van der Waals surface area contributed by atoms with Gasteiger partial charge in [0, 0.05) is 27.2 Å². The number of benzene rings is 1. The molecule has 13 nitrogen and oxygen atoms in total. The molecule has 9 atom stereocenters. The molecule has 2 rings (SSSR count). The first-order valence-electron chi connectivity index (χ1n) is 18.3. The molecule has 1 aliphatic heterocycles. The number of likely N-dealkylation sites (tertiary alicyclic amines) is 1. The lowest BCUT2D eigenvalue weighted by atomic mass is 9.90. The maximum absolute atomic E-state index is 14.0. The summed E-state index contributed by atoms with van der Waals surface area (Å²) in [6.07, 6.45) is 0.779. The number of ether oxygens (including phenoxy) is 2. The van der Waals surface area contributed by atoms with Gasteiger partial charge in [0.2, 0.25) is 23.6 Å². The average molecular weight is 718 g/mol. The number of rotatable bonds is 21. The summed E-state index contributed by atoms with van der Waals surface area (Å²) in [5, 5.41) is 21.6. The molecule has 1 unspecified atom stereocenters. The number of carbonyl (C=O) groups is 5. The molecular weight excluding hydrogens is 654 g/mol. The molecule has 13 heteroatoms. The van der Waals surface area contributed by atoms with Crippen molar-refractivity contribution in [1.29, 1.82) is 0 Å². The highest BCUT2D eigenvalue weighted by atomic mass is 16.5. The highest BCUT2D eigenvalue weighted by Crippen LogP contribution is 2.28. The Morgan fingerprint density at radius 3 is 1.98 bits per heavy atom. The number of methoxy groups -OCH3 is 2. The largest absolute Gasteiger partial charge is 0.480 e. The van der Waals surface area contributed by atoms with Crippen LogP contribution in [-0.4, -0.2) is 110 Å². The van der Waals surface area contributed by atoms with Crippen molar-refractivity contribution in [3.63, 3.8) is 0 Å². The smallest absolute Gasteiger partial charge is 0.326 e. The third-order valence-corrected chi connectivity index (χ3v) is 10.2. The van der Waals surface area contributed by atoms with Crippen LogP contribution in [0.2, 0.25) is 0 Å². The minimum atomic E-state index is -1.14. The number of hydrogen-bond acceptors (Lipinski definition) is 8. The SMILES string of the molecule is CC[C@H](C)[C@H](NC(=O)C(NC(=O)[C@@H](NC)C(C)C)C(C)C)[C@@H](CC(=O)N1CCC[C@H]1[C@H](OC)[C@@H](C)C(=O)N[C@@H](Cc1ccccc1)C(=O)O)OC. The summed E-state index contributed by atoms with van der Waals surface area (Å²) in [5.74, 6) is -3.40. The lowest BCUT2D eigenvalue weighted by Gasteiger charge is -2.37. The molecule has 1 saturated heterocycles. The van der Waals surface area contributed by atoms with E-state index in [1.165, 1.54) is 14.2 Å². The number of nitrogens with zero attached hydrogens (tertiary/aromatic N) is 1. The number of carbonyl (C=O) groups excluding carboxylic acids is 4. The number of likely N-dealkylation sites (N-methyl/N-ethyl adjacent to an activating group) is 1. The summed E-state index contributed by atoms with van der Waals surface area (Å²) >= 11 is 0. The molecule has 1 heterocycles. The number of carboxylic acids is 1. The second-order valence-corrected chi connectivity index (χ2v) is 14.5. The first-order valence-corrected chi connectivity index (χ1v) is 18.3. The second-order valence-electron chi connectivity index (χ2n) is 14.5. The Morgan fingerprint density at radius 2 is 1.47 bits per heavy atom. The molecule has 0 bridgehead atoms. The summed E-state index contributed by atoms with van der Waals surface area (Å²) < 4.78 is 11.7. The van der Waals surface area contributed by atoms with Crippen LogP contribution < -0.4 is 21.3 Å². The van der Waals surface area contributed by atoms with Gasteiger partial charge in [-0.25, -0.2) is 4.79 Å². The van der Waals surface area contributed by atoms with Gasteiger partial charge in [-0.15, -0.1) is 0 Å². The summed E-state index contributed by atoms with van der Waals surface area (Å²) in [4.78, 5) is 68.0. The van der Waals surface area contributed by atoms with E-state index in [1.54, 1.807) is 18.9 Å². The molecule has 288 valence electrons. The molecular formula is C38H63N5O8. The van der Waals surface area contributed by atoms with Crippen LogP contribution in [0.15, 0.2) is 30.3 Å². The van der Waals surface area contributed by atoms with Crippen molar-refractivity contribution in [3.05, 3.63) is 35.9 Å². The molecule has 0 spiro atoms. The van der Waals surface area contributed by atoms with E-state index in [0.29, 0.717) is 25.8 Å². The molecule has 1 fully saturated rings. The number of amides is 4. The minimum Gasteiger partial charge on any atom is -0.480 e. The maximum Gasteiger partial charge on any atom is 0.326 e. The van der Waals surface area contributed by atoms with Crippen LogP contribution >= 0.6 is 0 Å².